The zero-order valence-electron chi connectivity index (χ0n) is 7.73. The molecule has 0 unspecified atom stereocenters. The standard InChI is InChI=1S/C10H13NS2/c1-11(2)9-5-3-8(4-6-9)10(13)7-12/h3-7,12-13H,1-2H3. The van der Waals surface area contributed by atoms with Crippen molar-refractivity contribution in [1.82, 2.24) is 0 Å². The van der Waals surface area contributed by atoms with Gasteiger partial charge in [0, 0.05) is 24.7 Å². The molecule has 0 aliphatic carbocycles. The summed E-state index contributed by atoms with van der Waals surface area (Å²) in [5.74, 6) is 0. The summed E-state index contributed by atoms with van der Waals surface area (Å²) < 4.78 is 0. The molecule has 0 saturated heterocycles. The number of hydrogen-bond donors (Lipinski definition) is 2. The summed E-state index contributed by atoms with van der Waals surface area (Å²) in [6.45, 7) is 0. The third kappa shape index (κ3) is 2.71. The maximum atomic E-state index is 4.28. The second-order valence-electron chi connectivity index (χ2n) is 2.96. The maximum absolute atomic E-state index is 4.28. The van der Waals surface area contributed by atoms with Gasteiger partial charge < -0.3 is 4.90 Å². The van der Waals surface area contributed by atoms with Crippen molar-refractivity contribution in [3.63, 3.8) is 0 Å². The second kappa shape index (κ2) is 4.63. The van der Waals surface area contributed by atoms with Gasteiger partial charge in [-0.05, 0) is 23.1 Å². The molecule has 70 valence electrons. The Labute approximate surface area is 90.3 Å². The Hall–Kier alpha value is -0.540. The Morgan fingerprint density at radius 3 is 2.15 bits per heavy atom. The van der Waals surface area contributed by atoms with Crippen LogP contribution in [0.25, 0.3) is 4.91 Å². The molecule has 0 atom stereocenters. The van der Waals surface area contributed by atoms with E-state index < -0.39 is 0 Å². The zero-order chi connectivity index (χ0) is 9.84. The van der Waals surface area contributed by atoms with Gasteiger partial charge in [-0.2, -0.15) is 12.6 Å². The minimum absolute atomic E-state index is 0.883. The van der Waals surface area contributed by atoms with Crippen molar-refractivity contribution in [1.29, 1.82) is 0 Å². The quantitative estimate of drug-likeness (QED) is 0.711. The minimum Gasteiger partial charge on any atom is -0.378 e. The fourth-order valence-corrected chi connectivity index (χ4v) is 1.30. The van der Waals surface area contributed by atoms with E-state index in [1.807, 2.05) is 26.2 Å². The molecular weight excluding hydrogens is 198 g/mol. The summed E-state index contributed by atoms with van der Waals surface area (Å²) in [7, 11) is 4.04. The van der Waals surface area contributed by atoms with Crippen LogP contribution in [0.3, 0.4) is 0 Å². The van der Waals surface area contributed by atoms with Gasteiger partial charge in [-0.25, -0.2) is 0 Å². The van der Waals surface area contributed by atoms with Crippen LogP contribution in [-0.4, -0.2) is 14.1 Å². The number of anilines is 1. The van der Waals surface area contributed by atoms with Crippen LogP contribution in [-0.2, 0) is 0 Å². The van der Waals surface area contributed by atoms with E-state index in [0.29, 0.717) is 0 Å². The molecule has 0 bridgehead atoms. The molecule has 13 heavy (non-hydrogen) atoms. The molecular formula is C10H13NS2. The summed E-state index contributed by atoms with van der Waals surface area (Å²) in [4.78, 5) is 2.94. The maximum Gasteiger partial charge on any atom is 0.0361 e. The van der Waals surface area contributed by atoms with Gasteiger partial charge in [0.05, 0.1) is 0 Å². The first kappa shape index (κ1) is 10.5. The van der Waals surface area contributed by atoms with Gasteiger partial charge >= 0.3 is 0 Å². The lowest BCUT2D eigenvalue weighted by atomic mass is 10.2. The molecule has 1 aromatic carbocycles. The lowest BCUT2D eigenvalue weighted by Crippen LogP contribution is -2.07. The van der Waals surface area contributed by atoms with Gasteiger partial charge in [-0.15, -0.1) is 12.6 Å². The van der Waals surface area contributed by atoms with Crippen LogP contribution >= 0.6 is 25.3 Å². The van der Waals surface area contributed by atoms with Gasteiger partial charge in [0.15, 0.2) is 0 Å². The van der Waals surface area contributed by atoms with Crippen LogP contribution in [0.2, 0.25) is 0 Å². The molecule has 0 aliphatic heterocycles. The van der Waals surface area contributed by atoms with E-state index in [4.69, 9.17) is 0 Å². The van der Waals surface area contributed by atoms with E-state index in [9.17, 15) is 0 Å². The van der Waals surface area contributed by atoms with Crippen molar-refractivity contribution in [2.45, 2.75) is 0 Å². The van der Waals surface area contributed by atoms with Crippen LogP contribution in [0.4, 0.5) is 5.69 Å². The van der Waals surface area contributed by atoms with E-state index in [0.717, 1.165) is 10.5 Å². The molecule has 1 aromatic rings. The summed E-state index contributed by atoms with van der Waals surface area (Å²) in [6.07, 6.45) is 0. The molecule has 0 amide bonds. The largest absolute Gasteiger partial charge is 0.378 e. The molecule has 0 aromatic heterocycles. The molecule has 0 N–H and O–H groups in total. The average Bonchev–Trinajstić information content (AvgIpc) is 2.17. The number of benzene rings is 1. The fourth-order valence-electron chi connectivity index (χ4n) is 1.00. The Morgan fingerprint density at radius 1 is 1.23 bits per heavy atom. The normalized spacial score (nSPS) is 11.5. The van der Waals surface area contributed by atoms with Gasteiger partial charge in [-0.1, -0.05) is 12.1 Å². The van der Waals surface area contributed by atoms with Crippen LogP contribution < -0.4 is 4.90 Å². The van der Waals surface area contributed by atoms with Crippen molar-refractivity contribution in [2.24, 2.45) is 0 Å². The summed E-state index contributed by atoms with van der Waals surface area (Å²) in [5, 5.41) is 1.69. The molecule has 0 radical (unpaired) electrons. The number of thiol groups is 2. The third-order valence-corrected chi connectivity index (χ3v) is 2.65. The molecule has 0 aliphatic rings. The van der Waals surface area contributed by atoms with Crippen molar-refractivity contribution in [2.75, 3.05) is 19.0 Å². The lowest BCUT2D eigenvalue weighted by Gasteiger charge is -2.12. The Kier molecular flexibility index (Phi) is 3.75. The topological polar surface area (TPSA) is 3.24 Å². The summed E-state index contributed by atoms with van der Waals surface area (Å²) >= 11 is 8.32. The average molecular weight is 211 g/mol. The van der Waals surface area contributed by atoms with Crippen LogP contribution in [0.1, 0.15) is 5.56 Å². The van der Waals surface area contributed by atoms with E-state index in [2.05, 4.69) is 42.3 Å². The Balaban J connectivity index is 2.94. The van der Waals surface area contributed by atoms with Gasteiger partial charge in [0.25, 0.3) is 0 Å². The SMILES string of the molecule is CN(C)c1ccc(C(S)=CS)cc1. The highest BCUT2D eigenvalue weighted by molar-refractivity contribution is 7.92. The Bertz CT molecular complexity index is 301. The van der Waals surface area contributed by atoms with Crippen molar-refractivity contribution < 1.29 is 0 Å². The number of hydrogen-bond acceptors (Lipinski definition) is 3. The molecule has 0 fully saturated rings. The number of nitrogens with zero attached hydrogens (tertiary/aromatic N) is 1. The van der Waals surface area contributed by atoms with Crippen molar-refractivity contribution >= 4 is 35.9 Å². The molecule has 0 heterocycles. The summed E-state index contributed by atoms with van der Waals surface area (Å²) in [5.41, 5.74) is 2.27. The third-order valence-electron chi connectivity index (χ3n) is 1.80. The predicted octanol–water partition coefficient (Wildman–Crippen LogP) is 2.91. The summed E-state index contributed by atoms with van der Waals surface area (Å²) in [6, 6.07) is 8.18. The van der Waals surface area contributed by atoms with E-state index in [1.54, 1.807) is 5.41 Å². The van der Waals surface area contributed by atoms with Crippen LogP contribution in [0.5, 0.6) is 0 Å². The van der Waals surface area contributed by atoms with E-state index in [1.165, 1.54) is 5.69 Å². The van der Waals surface area contributed by atoms with Crippen molar-refractivity contribution in [3.8, 4) is 0 Å². The molecule has 3 heteroatoms. The molecule has 0 saturated carbocycles. The second-order valence-corrected chi connectivity index (χ2v) is 3.70. The predicted molar refractivity (Wildman–Crippen MR) is 66.7 cm³/mol. The first-order valence-corrected chi connectivity index (χ1v) is 4.92. The smallest absolute Gasteiger partial charge is 0.0361 e. The van der Waals surface area contributed by atoms with Gasteiger partial charge in [0.2, 0.25) is 0 Å². The lowest BCUT2D eigenvalue weighted by molar-refractivity contribution is 1.13. The highest BCUT2D eigenvalue weighted by Gasteiger charge is 1.97. The highest BCUT2D eigenvalue weighted by Crippen LogP contribution is 2.21. The first-order chi connectivity index (χ1) is 6.15. The van der Waals surface area contributed by atoms with E-state index >= 15 is 0 Å². The molecule has 1 rings (SSSR count). The minimum atomic E-state index is 0.883. The van der Waals surface area contributed by atoms with E-state index in [-0.39, 0.29) is 0 Å². The first-order valence-electron chi connectivity index (χ1n) is 3.96. The van der Waals surface area contributed by atoms with Crippen LogP contribution in [0, 0.1) is 0 Å². The molecule has 1 nitrogen and oxygen atoms in total. The molecule has 0 spiro atoms. The van der Waals surface area contributed by atoms with Gasteiger partial charge in [0.1, 0.15) is 0 Å². The van der Waals surface area contributed by atoms with Crippen molar-refractivity contribution in [3.05, 3.63) is 35.2 Å². The zero-order valence-corrected chi connectivity index (χ0v) is 9.52. The van der Waals surface area contributed by atoms with Gasteiger partial charge in [-0.3, -0.25) is 0 Å². The fraction of sp³-hybridized carbons (Fsp3) is 0.200. The highest BCUT2D eigenvalue weighted by atomic mass is 32.1. The monoisotopic (exact) mass is 211 g/mol. The number of rotatable bonds is 2. The van der Waals surface area contributed by atoms with Crippen LogP contribution in [0.15, 0.2) is 29.7 Å². The Morgan fingerprint density at radius 2 is 1.77 bits per heavy atom.